The van der Waals surface area contributed by atoms with E-state index in [1.807, 2.05) is 49.4 Å². The molecule has 2 aromatic carbocycles. The molecular weight excluding hydrogens is 502 g/mol. The van der Waals surface area contributed by atoms with Crippen LogP contribution in [0.15, 0.2) is 59.9 Å². The Hall–Kier alpha value is -2.42. The summed E-state index contributed by atoms with van der Waals surface area (Å²) in [6, 6.07) is 15.7. The van der Waals surface area contributed by atoms with E-state index in [-0.39, 0.29) is 34.7 Å². The molecule has 0 spiro atoms. The van der Waals surface area contributed by atoms with Crippen molar-refractivity contribution in [3.05, 3.63) is 87.7 Å². The van der Waals surface area contributed by atoms with E-state index in [4.69, 9.17) is 11.6 Å². The van der Waals surface area contributed by atoms with Crippen molar-refractivity contribution in [1.29, 1.82) is 0 Å². The molecule has 0 aliphatic carbocycles. The zero-order chi connectivity index (χ0) is 25.0. The maximum atomic E-state index is 13.7. The number of amides is 1. The first-order valence-corrected chi connectivity index (χ1v) is 14.7. The molecular formula is C26H28ClN3O3S2. The van der Waals surface area contributed by atoms with E-state index in [1.165, 1.54) is 29.1 Å². The van der Waals surface area contributed by atoms with Crippen molar-refractivity contribution in [3.63, 3.8) is 0 Å². The van der Waals surface area contributed by atoms with Crippen LogP contribution in [0.1, 0.15) is 46.1 Å². The highest BCUT2D eigenvalue weighted by Gasteiger charge is 2.36. The fourth-order valence-electron chi connectivity index (χ4n) is 4.09. The molecule has 1 amide bonds. The van der Waals surface area contributed by atoms with Gasteiger partial charge in [0.25, 0.3) is 5.91 Å². The van der Waals surface area contributed by atoms with Crippen LogP contribution in [0.5, 0.6) is 0 Å². The van der Waals surface area contributed by atoms with Crippen molar-refractivity contribution in [2.45, 2.75) is 50.2 Å². The maximum Gasteiger partial charge on any atom is 0.274 e. The molecule has 3 aromatic rings. The maximum absolute atomic E-state index is 13.7. The van der Waals surface area contributed by atoms with Gasteiger partial charge in [-0.3, -0.25) is 4.79 Å². The number of carbonyl (C=O) groups is 1. The van der Waals surface area contributed by atoms with Crippen LogP contribution in [-0.4, -0.2) is 46.7 Å². The molecule has 1 aliphatic rings. The minimum Gasteiger partial charge on any atom is -0.329 e. The van der Waals surface area contributed by atoms with Gasteiger partial charge in [0.2, 0.25) is 0 Å². The number of halogens is 1. The molecule has 2 heterocycles. The van der Waals surface area contributed by atoms with E-state index >= 15 is 0 Å². The molecule has 0 N–H and O–H groups in total. The number of carbonyl (C=O) groups excluding carboxylic acids is 1. The van der Waals surface area contributed by atoms with Gasteiger partial charge in [-0.2, -0.15) is 0 Å². The quantitative estimate of drug-likeness (QED) is 0.297. The molecule has 35 heavy (non-hydrogen) atoms. The first kappa shape index (κ1) is 25.7. The molecule has 1 unspecified atom stereocenters. The highest BCUT2D eigenvalue weighted by atomic mass is 35.5. The van der Waals surface area contributed by atoms with Crippen molar-refractivity contribution in [2.24, 2.45) is 0 Å². The number of hydrogen-bond acceptors (Lipinski definition) is 6. The number of benzene rings is 2. The summed E-state index contributed by atoms with van der Waals surface area (Å²) in [6.07, 6.45) is 2.77. The van der Waals surface area contributed by atoms with Gasteiger partial charge in [-0.1, -0.05) is 78.8 Å². The predicted molar refractivity (Wildman–Crippen MR) is 141 cm³/mol. The summed E-state index contributed by atoms with van der Waals surface area (Å²) >= 11 is 7.82. The van der Waals surface area contributed by atoms with Gasteiger partial charge in [0.05, 0.1) is 22.7 Å². The van der Waals surface area contributed by atoms with Crippen LogP contribution in [0.25, 0.3) is 0 Å². The van der Waals surface area contributed by atoms with Gasteiger partial charge in [-0.25, -0.2) is 18.4 Å². The lowest BCUT2D eigenvalue weighted by atomic mass is 10.1. The molecule has 1 fully saturated rings. The van der Waals surface area contributed by atoms with Gasteiger partial charge < -0.3 is 4.90 Å². The average molecular weight is 530 g/mol. The Kier molecular flexibility index (Phi) is 8.14. The van der Waals surface area contributed by atoms with Crippen molar-refractivity contribution >= 4 is 39.1 Å². The lowest BCUT2D eigenvalue weighted by Crippen LogP contribution is -2.41. The molecule has 4 rings (SSSR count). The fraction of sp³-hybridized carbons (Fsp3) is 0.346. The summed E-state index contributed by atoms with van der Waals surface area (Å²) in [5, 5.41) is 0.606. The van der Waals surface area contributed by atoms with E-state index < -0.39 is 15.9 Å². The summed E-state index contributed by atoms with van der Waals surface area (Å²) in [4.78, 5) is 24.1. The number of aryl methyl sites for hydroxylation is 2. The lowest BCUT2D eigenvalue weighted by molar-refractivity contribution is 0.0674. The number of hydrogen-bond donors (Lipinski definition) is 0. The van der Waals surface area contributed by atoms with Gasteiger partial charge in [-0.05, 0) is 42.0 Å². The van der Waals surface area contributed by atoms with Crippen molar-refractivity contribution in [2.75, 3.05) is 11.5 Å². The molecule has 1 aromatic heterocycles. The van der Waals surface area contributed by atoms with Crippen LogP contribution in [0.4, 0.5) is 0 Å². The van der Waals surface area contributed by atoms with Crippen molar-refractivity contribution in [3.8, 4) is 0 Å². The lowest BCUT2D eigenvalue weighted by Gasteiger charge is -2.28. The Bertz CT molecular complexity index is 1310. The second-order valence-corrected chi connectivity index (χ2v) is 12.3. The van der Waals surface area contributed by atoms with E-state index in [9.17, 15) is 13.2 Å². The number of aromatic nitrogens is 2. The van der Waals surface area contributed by atoms with E-state index in [1.54, 1.807) is 4.90 Å². The van der Waals surface area contributed by atoms with Crippen LogP contribution in [0.2, 0.25) is 5.02 Å². The van der Waals surface area contributed by atoms with E-state index in [0.717, 1.165) is 17.5 Å². The summed E-state index contributed by atoms with van der Waals surface area (Å²) in [6.45, 7) is 4.42. The summed E-state index contributed by atoms with van der Waals surface area (Å²) < 4.78 is 24.4. The topological polar surface area (TPSA) is 80.2 Å². The Labute approximate surface area is 216 Å². The number of sulfone groups is 1. The van der Waals surface area contributed by atoms with Gasteiger partial charge in [0.15, 0.2) is 20.7 Å². The Morgan fingerprint density at radius 2 is 1.86 bits per heavy atom. The third kappa shape index (κ3) is 6.42. The van der Waals surface area contributed by atoms with Gasteiger partial charge >= 0.3 is 0 Å². The number of thioether (sulfide) groups is 1. The van der Waals surface area contributed by atoms with E-state index in [2.05, 4.69) is 23.0 Å². The molecule has 1 aliphatic heterocycles. The standard InChI is InChI=1S/C26H28ClN3O3S2/c1-3-19-8-10-20(11-9-19)15-30(22-12-13-35(32,33)17-22)25(31)24-23(27)14-28-26(29-24)34-16-21-7-5-4-6-18(21)2/h4-11,14,22H,3,12-13,15-17H2,1-2H3. The van der Waals surface area contributed by atoms with Crippen LogP contribution in [0.3, 0.4) is 0 Å². The van der Waals surface area contributed by atoms with Gasteiger partial charge in [-0.15, -0.1) is 0 Å². The zero-order valence-corrected chi connectivity index (χ0v) is 22.2. The monoisotopic (exact) mass is 529 g/mol. The zero-order valence-electron chi connectivity index (χ0n) is 19.8. The number of rotatable bonds is 8. The fourth-order valence-corrected chi connectivity index (χ4v) is 6.88. The molecule has 1 atom stereocenters. The van der Waals surface area contributed by atoms with Crippen LogP contribution in [-0.2, 0) is 28.6 Å². The molecule has 9 heteroatoms. The molecule has 184 valence electrons. The molecule has 0 radical (unpaired) electrons. The van der Waals surface area contributed by atoms with Crippen LogP contribution in [0, 0.1) is 6.92 Å². The highest BCUT2D eigenvalue weighted by Crippen LogP contribution is 2.27. The summed E-state index contributed by atoms with van der Waals surface area (Å²) in [5.41, 5.74) is 4.57. The molecule has 6 nitrogen and oxygen atoms in total. The molecule has 0 saturated carbocycles. The van der Waals surface area contributed by atoms with E-state index in [0.29, 0.717) is 17.3 Å². The van der Waals surface area contributed by atoms with Crippen molar-refractivity contribution < 1.29 is 13.2 Å². The highest BCUT2D eigenvalue weighted by molar-refractivity contribution is 7.98. The average Bonchev–Trinajstić information content (AvgIpc) is 3.22. The largest absolute Gasteiger partial charge is 0.329 e. The van der Waals surface area contributed by atoms with Crippen molar-refractivity contribution in [1.82, 2.24) is 14.9 Å². The molecule has 0 bridgehead atoms. The smallest absolute Gasteiger partial charge is 0.274 e. The first-order valence-electron chi connectivity index (χ1n) is 11.5. The van der Waals surface area contributed by atoms with Crippen LogP contribution < -0.4 is 0 Å². The minimum absolute atomic E-state index is 0.0522. The summed E-state index contributed by atoms with van der Waals surface area (Å²) in [7, 11) is -3.18. The second kappa shape index (κ2) is 11.1. The SMILES string of the molecule is CCc1ccc(CN(C(=O)c2nc(SCc3ccccc3C)ncc2Cl)C2CCS(=O)(=O)C2)cc1. The third-order valence-corrected chi connectivity index (χ3v) is 9.17. The first-order chi connectivity index (χ1) is 16.8. The summed E-state index contributed by atoms with van der Waals surface area (Å²) in [5.74, 6) is 0.307. The van der Waals surface area contributed by atoms with Gasteiger partial charge in [0.1, 0.15) is 0 Å². The van der Waals surface area contributed by atoms with Crippen LogP contribution >= 0.6 is 23.4 Å². The minimum atomic E-state index is -3.18. The Morgan fingerprint density at radius 3 is 2.51 bits per heavy atom. The number of nitrogens with zero attached hydrogens (tertiary/aromatic N) is 3. The van der Waals surface area contributed by atoms with Gasteiger partial charge in [0, 0.05) is 18.3 Å². The Morgan fingerprint density at radius 1 is 1.14 bits per heavy atom. The predicted octanol–water partition coefficient (Wildman–Crippen LogP) is 5.12. The normalized spacial score (nSPS) is 16.8. The third-order valence-electron chi connectivity index (χ3n) is 6.24. The Balaban J connectivity index is 1.59. The molecule has 1 saturated heterocycles. The second-order valence-electron chi connectivity index (χ2n) is 8.72.